The summed E-state index contributed by atoms with van der Waals surface area (Å²) in [4.78, 5) is 38.2. The first-order valence-electron chi connectivity index (χ1n) is 10.3. The van der Waals surface area contributed by atoms with Crippen LogP contribution in [0.1, 0.15) is 40.0 Å². The summed E-state index contributed by atoms with van der Waals surface area (Å²) in [5, 5.41) is 20.2. The number of fused-ring (bicyclic) bond motifs is 5. The first-order chi connectivity index (χ1) is 14.8. The number of rotatable bonds is 4. The average molecular weight is 421 g/mol. The molecular weight excluding hydrogens is 398 g/mol. The van der Waals surface area contributed by atoms with Gasteiger partial charge in [0.05, 0.1) is 5.56 Å². The van der Waals surface area contributed by atoms with Gasteiger partial charge in [0.25, 0.3) is 5.56 Å². The fraction of sp³-hybridized carbons (Fsp3) is 0.348. The van der Waals surface area contributed by atoms with Gasteiger partial charge < -0.3 is 19.3 Å². The van der Waals surface area contributed by atoms with Crippen molar-refractivity contribution >= 4 is 22.8 Å². The lowest BCUT2D eigenvalue weighted by molar-refractivity contribution is -0.144. The van der Waals surface area contributed by atoms with Crippen molar-refractivity contribution < 1.29 is 19.8 Å². The summed E-state index contributed by atoms with van der Waals surface area (Å²) < 4.78 is 3.66. The van der Waals surface area contributed by atoms with E-state index >= 15 is 0 Å². The Labute approximate surface area is 177 Å². The number of aliphatic carboxylic acids is 1. The minimum absolute atomic E-state index is 0.00862. The van der Waals surface area contributed by atoms with Crippen LogP contribution in [0.4, 0.5) is 0 Å². The second-order valence-electron chi connectivity index (χ2n) is 8.63. The lowest BCUT2D eigenvalue weighted by Gasteiger charge is -2.44. The minimum Gasteiger partial charge on any atom is -0.480 e. The molecule has 0 saturated carbocycles. The molecule has 3 aromatic rings. The number of piperidine rings is 1. The Morgan fingerprint density at radius 3 is 2.65 bits per heavy atom. The van der Waals surface area contributed by atoms with E-state index in [1.165, 1.54) is 6.07 Å². The largest absolute Gasteiger partial charge is 0.480 e. The van der Waals surface area contributed by atoms with Crippen molar-refractivity contribution in [3.8, 4) is 0 Å². The average Bonchev–Trinajstić information content (AvgIpc) is 3.04. The van der Waals surface area contributed by atoms with Gasteiger partial charge in [0.1, 0.15) is 6.04 Å². The molecule has 160 valence electrons. The maximum atomic E-state index is 12.5. The Bertz CT molecular complexity index is 1270. The number of pyridine rings is 1. The number of aromatic nitrogens is 2. The molecule has 4 heterocycles. The van der Waals surface area contributed by atoms with Gasteiger partial charge in [0.2, 0.25) is 0 Å². The summed E-state index contributed by atoms with van der Waals surface area (Å²) in [5.41, 5.74) is 2.47. The van der Waals surface area contributed by atoms with Gasteiger partial charge in [-0.15, -0.1) is 0 Å². The topological polar surface area (TPSA) is 105 Å². The standard InChI is InChI=1S/C23H23N3O5/c1-24-12-17(16-8-14(22(28)29)5-6-19(16)24)21(23(30)31)25-9-13-7-15(11-25)18-3-2-4-20(27)26(18)10-13/h2-6,8,12-13,15,21H,7,9-11H2,1H3,(H,28,29)(H,30,31)/t13-,15+,21?/m0/s1. The predicted octanol–water partition coefficient (Wildman–Crippen LogP) is 2.28. The third-order valence-corrected chi connectivity index (χ3v) is 6.67. The molecule has 1 aromatic carbocycles. The second kappa shape index (κ2) is 7.09. The zero-order chi connectivity index (χ0) is 21.9. The molecule has 2 N–H and O–H groups in total. The molecule has 8 heteroatoms. The van der Waals surface area contributed by atoms with Gasteiger partial charge in [-0.1, -0.05) is 6.07 Å². The molecule has 2 aliphatic heterocycles. The smallest absolute Gasteiger partial charge is 0.335 e. The van der Waals surface area contributed by atoms with Crippen molar-refractivity contribution in [3.63, 3.8) is 0 Å². The number of hydrogen-bond acceptors (Lipinski definition) is 4. The van der Waals surface area contributed by atoms with Gasteiger partial charge in [-0.2, -0.15) is 0 Å². The van der Waals surface area contributed by atoms with Crippen LogP contribution in [0.5, 0.6) is 0 Å². The second-order valence-corrected chi connectivity index (χ2v) is 8.63. The Kier molecular flexibility index (Phi) is 4.48. The van der Waals surface area contributed by atoms with Gasteiger partial charge >= 0.3 is 11.9 Å². The lowest BCUT2D eigenvalue weighted by Crippen LogP contribution is -2.49. The van der Waals surface area contributed by atoms with Crippen molar-refractivity contribution in [1.82, 2.24) is 14.0 Å². The van der Waals surface area contributed by atoms with Crippen molar-refractivity contribution in [3.05, 3.63) is 69.8 Å². The molecular formula is C23H23N3O5. The highest BCUT2D eigenvalue weighted by Gasteiger charge is 2.40. The number of likely N-dealkylation sites (tertiary alicyclic amines) is 1. The Balaban J connectivity index is 1.58. The van der Waals surface area contributed by atoms with Crippen LogP contribution in [-0.4, -0.2) is 49.3 Å². The van der Waals surface area contributed by atoms with E-state index in [-0.39, 0.29) is 23.0 Å². The number of aromatic carboxylic acids is 1. The monoisotopic (exact) mass is 421 g/mol. The van der Waals surface area contributed by atoms with Gasteiger partial charge in [0, 0.05) is 67.0 Å². The van der Waals surface area contributed by atoms with Crippen LogP contribution in [0.15, 0.2) is 47.4 Å². The quantitative estimate of drug-likeness (QED) is 0.670. The highest BCUT2D eigenvalue weighted by Crippen LogP contribution is 2.40. The molecule has 0 spiro atoms. The van der Waals surface area contributed by atoms with Crippen LogP contribution in [0.3, 0.4) is 0 Å². The van der Waals surface area contributed by atoms with Crippen molar-refractivity contribution in [1.29, 1.82) is 0 Å². The molecule has 8 nitrogen and oxygen atoms in total. The van der Waals surface area contributed by atoms with E-state index in [9.17, 15) is 24.6 Å². The number of carbonyl (C=O) groups is 2. The van der Waals surface area contributed by atoms with Crippen LogP contribution in [-0.2, 0) is 18.4 Å². The summed E-state index contributed by atoms with van der Waals surface area (Å²) in [6, 6.07) is 9.21. The molecule has 2 aliphatic rings. The SMILES string of the molecule is Cn1cc(C(C(=O)O)N2C[C@@H]3C[C@H](C2)c2cccc(=O)n2C3)c2cc(C(=O)O)ccc21. The maximum Gasteiger partial charge on any atom is 0.335 e. The Hall–Kier alpha value is -3.39. The molecule has 0 aliphatic carbocycles. The number of aryl methyl sites for hydroxylation is 1. The zero-order valence-electron chi connectivity index (χ0n) is 17.1. The molecule has 0 radical (unpaired) electrons. The van der Waals surface area contributed by atoms with Gasteiger partial charge in [-0.3, -0.25) is 14.5 Å². The van der Waals surface area contributed by atoms with Crippen LogP contribution in [0.2, 0.25) is 0 Å². The van der Waals surface area contributed by atoms with E-state index in [0.29, 0.717) is 30.6 Å². The van der Waals surface area contributed by atoms with Gasteiger partial charge in [0.15, 0.2) is 0 Å². The summed E-state index contributed by atoms with van der Waals surface area (Å²) in [7, 11) is 1.83. The van der Waals surface area contributed by atoms with E-state index < -0.39 is 18.0 Å². The van der Waals surface area contributed by atoms with Crippen molar-refractivity contribution in [2.24, 2.45) is 13.0 Å². The summed E-state index contributed by atoms with van der Waals surface area (Å²) >= 11 is 0. The molecule has 3 atom stereocenters. The van der Waals surface area contributed by atoms with Crippen molar-refractivity contribution in [2.75, 3.05) is 13.1 Å². The third-order valence-electron chi connectivity index (χ3n) is 6.67. The van der Waals surface area contributed by atoms with E-state index in [2.05, 4.69) is 0 Å². The molecule has 1 fully saturated rings. The number of hydrogen-bond donors (Lipinski definition) is 2. The molecule has 31 heavy (non-hydrogen) atoms. The molecule has 2 bridgehead atoms. The number of carboxylic acids is 2. The number of benzene rings is 1. The molecule has 1 saturated heterocycles. The molecule has 2 aromatic heterocycles. The third kappa shape index (κ3) is 3.14. The lowest BCUT2D eigenvalue weighted by atomic mass is 9.82. The summed E-state index contributed by atoms with van der Waals surface area (Å²) in [6.45, 7) is 1.70. The van der Waals surface area contributed by atoms with Crippen molar-refractivity contribution in [2.45, 2.75) is 24.9 Å². The van der Waals surface area contributed by atoms with E-state index in [0.717, 1.165) is 17.6 Å². The fourth-order valence-electron chi connectivity index (χ4n) is 5.40. The van der Waals surface area contributed by atoms with E-state index in [4.69, 9.17) is 0 Å². The first-order valence-corrected chi connectivity index (χ1v) is 10.3. The maximum absolute atomic E-state index is 12.5. The Morgan fingerprint density at radius 1 is 1.10 bits per heavy atom. The van der Waals surface area contributed by atoms with E-state index in [1.54, 1.807) is 30.5 Å². The molecule has 5 rings (SSSR count). The highest BCUT2D eigenvalue weighted by atomic mass is 16.4. The van der Waals surface area contributed by atoms with Gasteiger partial charge in [-0.05, 0) is 36.6 Å². The van der Waals surface area contributed by atoms with Crippen LogP contribution in [0, 0.1) is 5.92 Å². The van der Waals surface area contributed by atoms with Gasteiger partial charge in [-0.25, -0.2) is 4.79 Å². The Morgan fingerprint density at radius 2 is 1.90 bits per heavy atom. The molecule has 1 unspecified atom stereocenters. The van der Waals surface area contributed by atoms with E-state index in [1.807, 2.05) is 27.1 Å². The zero-order valence-corrected chi connectivity index (χ0v) is 17.1. The minimum atomic E-state index is -1.04. The highest BCUT2D eigenvalue weighted by molar-refractivity contribution is 5.96. The first kappa shape index (κ1) is 19.6. The normalized spacial score (nSPS) is 21.6. The molecule has 0 amide bonds. The van der Waals surface area contributed by atoms with Crippen LogP contribution >= 0.6 is 0 Å². The summed E-state index contributed by atoms with van der Waals surface area (Å²) in [5.74, 6) is -1.72. The fourth-order valence-corrected chi connectivity index (χ4v) is 5.40. The van der Waals surface area contributed by atoms with Crippen LogP contribution < -0.4 is 5.56 Å². The summed E-state index contributed by atoms with van der Waals surface area (Å²) in [6.07, 6.45) is 2.73. The predicted molar refractivity (Wildman–Crippen MR) is 113 cm³/mol. The number of nitrogens with zero attached hydrogens (tertiary/aromatic N) is 3. The number of carboxylic acid groups (broad SMARTS) is 2. The van der Waals surface area contributed by atoms with Crippen LogP contribution in [0.25, 0.3) is 10.9 Å².